The average Bonchev–Trinajstić information content (AvgIpc) is 3.90. The molecule has 3 N–H and O–H groups in total. The minimum Gasteiger partial charge on any atom is -0.324 e. The first-order valence-corrected chi connectivity index (χ1v) is 17.5. The highest BCUT2D eigenvalue weighted by Crippen LogP contribution is 2.25. The van der Waals surface area contributed by atoms with Crippen LogP contribution < -0.4 is 16.0 Å². The summed E-state index contributed by atoms with van der Waals surface area (Å²) in [5.41, 5.74) is 4.59. The zero-order valence-corrected chi connectivity index (χ0v) is 29.7. The lowest BCUT2D eigenvalue weighted by Gasteiger charge is -2.24. The van der Waals surface area contributed by atoms with E-state index in [4.69, 9.17) is 0 Å². The fourth-order valence-electron chi connectivity index (χ4n) is 6.54. The number of nitrogens with zero attached hydrogens (tertiary/aromatic N) is 1. The summed E-state index contributed by atoms with van der Waals surface area (Å²) >= 11 is 0. The SMILES string of the molecule is Cl.O=C(c1ccccc1)c1ccccc1NC(=O)[C@@H]1CCCN1.O=C(c1ccccc1)c1ccccc1NC(=O)[C@@H]1CCCN1Cc1ccccc1. The summed E-state index contributed by atoms with van der Waals surface area (Å²) in [7, 11) is 0. The van der Waals surface area contributed by atoms with Crippen molar-refractivity contribution in [3.8, 4) is 0 Å². The Morgan fingerprint density at radius 2 is 1.06 bits per heavy atom. The molecule has 2 atom stereocenters. The molecule has 5 aromatic rings. The van der Waals surface area contributed by atoms with Crippen molar-refractivity contribution in [2.45, 2.75) is 44.3 Å². The van der Waals surface area contributed by atoms with Gasteiger partial charge in [0, 0.05) is 28.8 Å². The van der Waals surface area contributed by atoms with Gasteiger partial charge in [0.2, 0.25) is 11.8 Å². The van der Waals surface area contributed by atoms with E-state index in [2.05, 4.69) is 33.0 Å². The van der Waals surface area contributed by atoms with Crippen LogP contribution >= 0.6 is 12.4 Å². The number of hydrogen-bond acceptors (Lipinski definition) is 6. The fourth-order valence-corrected chi connectivity index (χ4v) is 6.54. The Labute approximate surface area is 311 Å². The van der Waals surface area contributed by atoms with Crippen molar-refractivity contribution in [1.29, 1.82) is 0 Å². The summed E-state index contributed by atoms with van der Waals surface area (Å²) in [5, 5.41) is 9.06. The molecule has 2 heterocycles. The lowest BCUT2D eigenvalue weighted by Crippen LogP contribution is -2.39. The number of carbonyl (C=O) groups is 4. The zero-order chi connectivity index (χ0) is 35.4. The number of ketones is 2. The van der Waals surface area contributed by atoms with Gasteiger partial charge in [-0.15, -0.1) is 12.4 Å². The third-order valence-corrected chi connectivity index (χ3v) is 9.20. The molecule has 266 valence electrons. The molecule has 0 aliphatic carbocycles. The van der Waals surface area contributed by atoms with Gasteiger partial charge in [-0.2, -0.15) is 0 Å². The van der Waals surface area contributed by atoms with Crippen LogP contribution in [0.1, 0.15) is 63.1 Å². The summed E-state index contributed by atoms with van der Waals surface area (Å²) in [6.45, 7) is 2.52. The molecule has 2 aliphatic rings. The van der Waals surface area contributed by atoms with Crippen molar-refractivity contribution < 1.29 is 19.2 Å². The third kappa shape index (κ3) is 9.67. The fraction of sp³-hybridized carbons (Fsp3) is 0.209. The van der Waals surface area contributed by atoms with Gasteiger partial charge in [0.15, 0.2) is 11.6 Å². The second-order valence-electron chi connectivity index (χ2n) is 12.7. The Morgan fingerprint density at radius 1 is 0.577 bits per heavy atom. The van der Waals surface area contributed by atoms with E-state index in [-0.39, 0.29) is 47.9 Å². The van der Waals surface area contributed by atoms with E-state index in [0.717, 1.165) is 45.3 Å². The first-order valence-electron chi connectivity index (χ1n) is 17.5. The molecular weight excluding hydrogens is 672 g/mol. The third-order valence-electron chi connectivity index (χ3n) is 9.20. The normalized spacial score (nSPS) is 16.5. The number of carbonyl (C=O) groups excluding carboxylic acids is 4. The molecule has 2 aliphatic heterocycles. The Hall–Kier alpha value is -5.41. The average molecular weight is 715 g/mol. The molecule has 0 spiro atoms. The molecule has 0 radical (unpaired) electrons. The number of rotatable bonds is 10. The maximum atomic E-state index is 13.1. The van der Waals surface area contributed by atoms with Crippen LogP contribution in [-0.4, -0.2) is 53.5 Å². The predicted octanol–water partition coefficient (Wildman–Crippen LogP) is 7.55. The van der Waals surface area contributed by atoms with Crippen LogP contribution in [0.15, 0.2) is 140 Å². The molecule has 0 aromatic heterocycles. The van der Waals surface area contributed by atoms with Crippen LogP contribution in [0.4, 0.5) is 11.4 Å². The maximum Gasteiger partial charge on any atom is 0.241 e. The van der Waals surface area contributed by atoms with Crippen molar-refractivity contribution in [3.63, 3.8) is 0 Å². The van der Waals surface area contributed by atoms with Crippen LogP contribution in [0.2, 0.25) is 0 Å². The summed E-state index contributed by atoms with van der Waals surface area (Å²) in [6.07, 6.45) is 3.66. The summed E-state index contributed by atoms with van der Waals surface area (Å²) in [4.78, 5) is 53.0. The number of benzene rings is 5. The van der Waals surface area contributed by atoms with E-state index in [1.165, 1.54) is 5.56 Å². The number of likely N-dealkylation sites (tertiary alicyclic amines) is 1. The van der Waals surface area contributed by atoms with E-state index in [1.54, 1.807) is 54.6 Å². The van der Waals surface area contributed by atoms with Crippen molar-refractivity contribution in [2.75, 3.05) is 23.7 Å². The standard InChI is InChI=1S/C25H24N2O2.C18H18N2O2.ClH/c28-24(20-12-5-2-6-13-20)21-14-7-8-15-22(21)26-25(29)23-16-9-17-27(23)18-19-10-3-1-4-11-19;21-17(13-7-2-1-3-8-13)14-9-4-5-10-15(14)20-18(22)16-11-6-12-19-16;/h1-8,10-15,23H,9,16-18H2,(H,26,29);1-5,7-10,16,19H,6,11-12H2,(H,20,22);1H/t23-;16-;/m00./s1. The molecule has 52 heavy (non-hydrogen) atoms. The van der Waals surface area contributed by atoms with E-state index < -0.39 is 0 Å². The zero-order valence-electron chi connectivity index (χ0n) is 28.9. The molecular formula is C43H43ClN4O4. The van der Waals surface area contributed by atoms with Crippen molar-refractivity contribution in [2.24, 2.45) is 0 Å². The smallest absolute Gasteiger partial charge is 0.241 e. The molecule has 7 rings (SSSR count). The van der Waals surface area contributed by atoms with Gasteiger partial charge in [0.1, 0.15) is 0 Å². The molecule has 2 fully saturated rings. The number of anilines is 2. The summed E-state index contributed by atoms with van der Waals surface area (Å²) < 4.78 is 0. The summed E-state index contributed by atoms with van der Waals surface area (Å²) in [6, 6.07) is 42.4. The Bertz CT molecular complexity index is 1950. The largest absolute Gasteiger partial charge is 0.324 e. The Balaban J connectivity index is 0.000000205. The van der Waals surface area contributed by atoms with Gasteiger partial charge in [0.25, 0.3) is 0 Å². The highest BCUT2D eigenvalue weighted by molar-refractivity contribution is 6.15. The van der Waals surface area contributed by atoms with Crippen LogP contribution in [0.3, 0.4) is 0 Å². The number of para-hydroxylation sites is 2. The minimum absolute atomic E-state index is 0. The van der Waals surface area contributed by atoms with Gasteiger partial charge in [0.05, 0.1) is 23.5 Å². The quantitative estimate of drug-likeness (QED) is 0.129. The molecule has 9 heteroatoms. The van der Waals surface area contributed by atoms with Gasteiger partial charge < -0.3 is 16.0 Å². The van der Waals surface area contributed by atoms with Gasteiger partial charge in [-0.3, -0.25) is 24.1 Å². The predicted molar refractivity (Wildman–Crippen MR) is 208 cm³/mol. The van der Waals surface area contributed by atoms with Gasteiger partial charge >= 0.3 is 0 Å². The van der Waals surface area contributed by atoms with Crippen LogP contribution in [-0.2, 0) is 16.1 Å². The van der Waals surface area contributed by atoms with Crippen molar-refractivity contribution in [1.82, 2.24) is 10.2 Å². The Kier molecular flexibility index (Phi) is 13.6. The first-order chi connectivity index (χ1) is 25.0. The van der Waals surface area contributed by atoms with E-state index in [9.17, 15) is 19.2 Å². The van der Waals surface area contributed by atoms with E-state index >= 15 is 0 Å². The number of halogens is 1. The highest BCUT2D eigenvalue weighted by Gasteiger charge is 2.31. The molecule has 5 aromatic carbocycles. The molecule has 2 amide bonds. The van der Waals surface area contributed by atoms with Crippen LogP contribution in [0, 0.1) is 0 Å². The van der Waals surface area contributed by atoms with Crippen molar-refractivity contribution in [3.05, 3.63) is 167 Å². The van der Waals surface area contributed by atoms with Gasteiger partial charge in [-0.05, 0) is 68.6 Å². The Morgan fingerprint density at radius 3 is 1.58 bits per heavy atom. The summed E-state index contributed by atoms with van der Waals surface area (Å²) in [5.74, 6) is -0.303. The first kappa shape index (κ1) is 37.8. The molecule has 2 saturated heterocycles. The van der Waals surface area contributed by atoms with Crippen LogP contribution in [0.5, 0.6) is 0 Å². The van der Waals surface area contributed by atoms with E-state index in [0.29, 0.717) is 33.6 Å². The lowest BCUT2D eigenvalue weighted by molar-refractivity contribution is -0.120. The monoisotopic (exact) mass is 714 g/mol. The second kappa shape index (κ2) is 18.7. The van der Waals surface area contributed by atoms with E-state index in [1.807, 2.05) is 72.8 Å². The van der Waals surface area contributed by atoms with Gasteiger partial charge in [-0.25, -0.2) is 0 Å². The van der Waals surface area contributed by atoms with Crippen molar-refractivity contribution >= 4 is 47.2 Å². The highest BCUT2D eigenvalue weighted by atomic mass is 35.5. The number of nitrogens with one attached hydrogen (secondary N) is 3. The molecule has 0 unspecified atom stereocenters. The number of hydrogen-bond donors (Lipinski definition) is 3. The lowest BCUT2D eigenvalue weighted by atomic mass is 10.0. The second-order valence-corrected chi connectivity index (χ2v) is 12.7. The molecule has 0 saturated carbocycles. The molecule has 0 bridgehead atoms. The maximum absolute atomic E-state index is 13.1. The minimum atomic E-state index is -0.185. The van der Waals surface area contributed by atoms with Crippen LogP contribution in [0.25, 0.3) is 0 Å². The molecule has 8 nitrogen and oxygen atoms in total. The number of amides is 2. The topological polar surface area (TPSA) is 108 Å². The van der Waals surface area contributed by atoms with Gasteiger partial charge in [-0.1, -0.05) is 115 Å².